The van der Waals surface area contributed by atoms with E-state index in [0.717, 1.165) is 6.42 Å². The van der Waals surface area contributed by atoms with E-state index in [-0.39, 0.29) is 5.75 Å². The summed E-state index contributed by atoms with van der Waals surface area (Å²) in [6.07, 6.45) is 0.840. The van der Waals surface area contributed by atoms with Crippen LogP contribution in [-0.4, -0.2) is 33.3 Å². The third-order valence-corrected chi connectivity index (χ3v) is 2.63. The predicted octanol–water partition coefficient (Wildman–Crippen LogP) is 2.37. The van der Waals surface area contributed by atoms with E-state index in [0.29, 0.717) is 30.4 Å². The predicted molar refractivity (Wildman–Crippen MR) is 78.1 cm³/mol. The number of rotatable bonds is 7. The Kier molecular flexibility index (Phi) is 7.28. The lowest BCUT2D eigenvalue weighted by molar-refractivity contribution is -0.0505. The number of hydrogen-bond acceptors (Lipinski definition) is 3. The van der Waals surface area contributed by atoms with Crippen molar-refractivity contribution in [1.29, 1.82) is 0 Å². The second kappa shape index (κ2) is 8.99. The Morgan fingerprint density at radius 1 is 1.38 bits per heavy atom. The average Bonchev–Trinajstić information content (AvgIpc) is 2.47. The van der Waals surface area contributed by atoms with E-state index >= 15 is 0 Å². The standard InChI is InChI=1S/C14H21F2N3O2/c1-4-7-20-11-6-5-10(9-19-14(17-2)18-3)12(8-11)21-13(15)16/h5-6,8,13H,4,7,9H2,1-3H3,(H2,17,18,19). The Morgan fingerprint density at radius 3 is 2.71 bits per heavy atom. The normalized spacial score (nSPS) is 11.4. The molecule has 1 rings (SSSR count). The van der Waals surface area contributed by atoms with E-state index in [9.17, 15) is 8.78 Å². The Bertz CT molecular complexity index is 468. The Labute approximate surface area is 123 Å². The first-order valence-corrected chi connectivity index (χ1v) is 6.69. The number of hydrogen-bond donors (Lipinski definition) is 2. The first kappa shape index (κ1) is 17.0. The van der Waals surface area contributed by atoms with E-state index in [1.54, 1.807) is 26.2 Å². The molecular formula is C14H21F2N3O2. The molecule has 7 heteroatoms. The molecule has 0 bridgehead atoms. The van der Waals surface area contributed by atoms with Gasteiger partial charge in [0.1, 0.15) is 11.5 Å². The zero-order chi connectivity index (χ0) is 15.7. The van der Waals surface area contributed by atoms with Crippen molar-refractivity contribution >= 4 is 5.96 Å². The number of benzene rings is 1. The summed E-state index contributed by atoms with van der Waals surface area (Å²) in [5, 5.41) is 5.83. The van der Waals surface area contributed by atoms with Crippen LogP contribution in [0.25, 0.3) is 0 Å². The Hall–Kier alpha value is -2.05. The maximum Gasteiger partial charge on any atom is 0.387 e. The maximum absolute atomic E-state index is 12.5. The zero-order valence-electron chi connectivity index (χ0n) is 12.5. The van der Waals surface area contributed by atoms with Crippen molar-refractivity contribution in [3.63, 3.8) is 0 Å². The van der Waals surface area contributed by atoms with Crippen LogP contribution in [0.5, 0.6) is 11.5 Å². The van der Waals surface area contributed by atoms with Gasteiger partial charge >= 0.3 is 6.61 Å². The monoisotopic (exact) mass is 301 g/mol. The van der Waals surface area contributed by atoms with Crippen LogP contribution in [0.1, 0.15) is 18.9 Å². The van der Waals surface area contributed by atoms with E-state index in [1.807, 2.05) is 6.92 Å². The summed E-state index contributed by atoms with van der Waals surface area (Å²) in [6.45, 7) is -0.0752. The van der Waals surface area contributed by atoms with Gasteiger partial charge < -0.3 is 20.1 Å². The molecule has 0 aliphatic rings. The molecule has 1 aromatic carbocycles. The van der Waals surface area contributed by atoms with Crippen LogP contribution in [0.15, 0.2) is 23.2 Å². The quantitative estimate of drug-likeness (QED) is 0.600. The Balaban J connectivity index is 2.85. The smallest absolute Gasteiger partial charge is 0.387 e. The van der Waals surface area contributed by atoms with Crippen molar-refractivity contribution in [2.75, 3.05) is 20.7 Å². The Morgan fingerprint density at radius 2 is 2.14 bits per heavy atom. The third kappa shape index (κ3) is 5.85. The molecule has 0 saturated carbocycles. The molecule has 0 amide bonds. The molecule has 5 nitrogen and oxygen atoms in total. The van der Waals surface area contributed by atoms with Gasteiger partial charge in [0, 0.05) is 32.3 Å². The number of aliphatic imine (C=N–C) groups is 1. The van der Waals surface area contributed by atoms with Crippen LogP contribution in [0, 0.1) is 0 Å². The van der Waals surface area contributed by atoms with Crippen LogP contribution in [0.4, 0.5) is 8.78 Å². The minimum absolute atomic E-state index is 0.0951. The van der Waals surface area contributed by atoms with Gasteiger partial charge in [-0.3, -0.25) is 4.99 Å². The lowest BCUT2D eigenvalue weighted by Gasteiger charge is -2.14. The number of guanidine groups is 1. The van der Waals surface area contributed by atoms with E-state index < -0.39 is 6.61 Å². The second-order valence-corrected chi connectivity index (χ2v) is 4.17. The molecule has 0 spiro atoms. The van der Waals surface area contributed by atoms with Crippen LogP contribution in [0.2, 0.25) is 0 Å². The summed E-state index contributed by atoms with van der Waals surface area (Å²) in [4.78, 5) is 3.95. The fraction of sp³-hybridized carbons (Fsp3) is 0.500. The highest BCUT2D eigenvalue weighted by atomic mass is 19.3. The summed E-state index contributed by atoms with van der Waals surface area (Å²) in [5.41, 5.74) is 0.593. The molecule has 0 aromatic heterocycles. The molecule has 21 heavy (non-hydrogen) atoms. The summed E-state index contributed by atoms with van der Waals surface area (Å²) in [7, 11) is 3.34. The van der Waals surface area contributed by atoms with Gasteiger partial charge in [-0.2, -0.15) is 8.78 Å². The molecule has 0 radical (unpaired) electrons. The first-order chi connectivity index (χ1) is 10.1. The van der Waals surface area contributed by atoms with Gasteiger partial charge in [0.15, 0.2) is 5.96 Å². The second-order valence-electron chi connectivity index (χ2n) is 4.17. The highest BCUT2D eigenvalue weighted by Gasteiger charge is 2.11. The van der Waals surface area contributed by atoms with Crippen molar-refractivity contribution in [1.82, 2.24) is 10.6 Å². The lowest BCUT2D eigenvalue weighted by atomic mass is 10.2. The summed E-state index contributed by atoms with van der Waals surface area (Å²) < 4.78 is 35.0. The van der Waals surface area contributed by atoms with Gasteiger partial charge in [-0.1, -0.05) is 6.92 Å². The SMILES string of the molecule is CCCOc1ccc(CNC(=NC)NC)c(OC(F)F)c1. The van der Waals surface area contributed by atoms with E-state index in [2.05, 4.69) is 20.4 Å². The van der Waals surface area contributed by atoms with E-state index in [4.69, 9.17) is 4.74 Å². The fourth-order valence-electron chi connectivity index (χ4n) is 1.65. The van der Waals surface area contributed by atoms with Crippen molar-refractivity contribution in [3.8, 4) is 11.5 Å². The molecule has 2 N–H and O–H groups in total. The topological polar surface area (TPSA) is 54.9 Å². The molecule has 0 fully saturated rings. The lowest BCUT2D eigenvalue weighted by Crippen LogP contribution is -2.34. The van der Waals surface area contributed by atoms with Gasteiger partial charge in [-0.25, -0.2) is 0 Å². The number of alkyl halides is 2. The molecule has 0 aliphatic heterocycles. The van der Waals surface area contributed by atoms with E-state index in [1.165, 1.54) is 6.07 Å². The minimum atomic E-state index is -2.88. The number of nitrogens with zero attached hydrogens (tertiary/aromatic N) is 1. The summed E-state index contributed by atoms with van der Waals surface area (Å²) >= 11 is 0. The average molecular weight is 301 g/mol. The van der Waals surface area contributed by atoms with Crippen molar-refractivity contribution < 1.29 is 18.3 Å². The van der Waals surface area contributed by atoms with Gasteiger partial charge in [-0.05, 0) is 18.6 Å². The molecule has 0 aliphatic carbocycles. The van der Waals surface area contributed by atoms with Gasteiger partial charge in [0.2, 0.25) is 0 Å². The molecule has 0 atom stereocenters. The summed E-state index contributed by atoms with van der Waals surface area (Å²) in [5.74, 6) is 1.16. The fourth-order valence-corrected chi connectivity index (χ4v) is 1.65. The van der Waals surface area contributed by atoms with Crippen LogP contribution >= 0.6 is 0 Å². The minimum Gasteiger partial charge on any atom is -0.493 e. The zero-order valence-corrected chi connectivity index (χ0v) is 12.5. The first-order valence-electron chi connectivity index (χ1n) is 6.69. The van der Waals surface area contributed by atoms with Gasteiger partial charge in [0.05, 0.1) is 6.61 Å². The number of halogens is 2. The van der Waals surface area contributed by atoms with Crippen molar-refractivity contribution in [2.45, 2.75) is 26.5 Å². The van der Waals surface area contributed by atoms with Gasteiger partial charge in [0.25, 0.3) is 0 Å². The largest absolute Gasteiger partial charge is 0.493 e. The van der Waals surface area contributed by atoms with Crippen molar-refractivity contribution in [3.05, 3.63) is 23.8 Å². The molecule has 1 aromatic rings. The number of nitrogens with one attached hydrogen (secondary N) is 2. The van der Waals surface area contributed by atoms with Crippen molar-refractivity contribution in [2.24, 2.45) is 4.99 Å². The van der Waals surface area contributed by atoms with Crippen LogP contribution in [0.3, 0.4) is 0 Å². The van der Waals surface area contributed by atoms with Gasteiger partial charge in [-0.15, -0.1) is 0 Å². The summed E-state index contributed by atoms with van der Waals surface area (Å²) in [6, 6.07) is 4.90. The molecule has 0 unspecified atom stereocenters. The molecule has 0 heterocycles. The third-order valence-electron chi connectivity index (χ3n) is 2.63. The molecule has 0 saturated heterocycles. The highest BCUT2D eigenvalue weighted by molar-refractivity contribution is 5.79. The molecule has 118 valence electrons. The van der Waals surface area contributed by atoms with Crippen LogP contribution < -0.4 is 20.1 Å². The number of ether oxygens (including phenoxy) is 2. The van der Waals surface area contributed by atoms with Crippen LogP contribution in [-0.2, 0) is 6.54 Å². The molecular weight excluding hydrogens is 280 g/mol. The maximum atomic E-state index is 12.5. The highest BCUT2D eigenvalue weighted by Crippen LogP contribution is 2.26.